The summed E-state index contributed by atoms with van der Waals surface area (Å²) in [5.41, 5.74) is 4.65. The van der Waals surface area contributed by atoms with Gasteiger partial charge in [-0.3, -0.25) is 0 Å². The Hall–Kier alpha value is -1.46. The highest BCUT2D eigenvalue weighted by Crippen LogP contribution is 2.11. The number of carbonyl (C=O) groups is 2. The van der Waals surface area contributed by atoms with Gasteiger partial charge in [-0.05, 0) is 20.8 Å². The lowest BCUT2D eigenvalue weighted by Gasteiger charge is -2.34. The minimum absolute atomic E-state index is 0.336. The molecule has 6 heteroatoms. The van der Waals surface area contributed by atoms with Crippen LogP contribution in [-0.4, -0.2) is 53.7 Å². The Kier molecular flexibility index (Phi) is 3.62. The molecule has 2 N–H and O–H groups in total. The first-order valence-corrected chi connectivity index (χ1v) is 5.32. The number of urea groups is 1. The highest BCUT2D eigenvalue weighted by Gasteiger charge is 2.26. The number of rotatable bonds is 0. The van der Waals surface area contributed by atoms with Crippen molar-refractivity contribution < 1.29 is 14.3 Å². The van der Waals surface area contributed by atoms with Gasteiger partial charge in [-0.15, -0.1) is 0 Å². The molecule has 0 aromatic heterocycles. The van der Waals surface area contributed by atoms with Crippen molar-refractivity contribution in [3.8, 4) is 0 Å². The van der Waals surface area contributed by atoms with Crippen molar-refractivity contribution in [2.45, 2.75) is 26.4 Å². The molecule has 1 saturated heterocycles. The first kappa shape index (κ1) is 12.6. The molecule has 1 aliphatic rings. The number of nitrogens with two attached hydrogens (primary N) is 1. The van der Waals surface area contributed by atoms with Gasteiger partial charge in [-0.2, -0.15) is 0 Å². The fraction of sp³-hybridized carbons (Fsp3) is 0.800. The molecule has 1 fully saturated rings. The normalized spacial score (nSPS) is 17.2. The number of nitrogens with zero attached hydrogens (tertiary/aromatic N) is 2. The fourth-order valence-electron chi connectivity index (χ4n) is 1.44. The van der Waals surface area contributed by atoms with Crippen LogP contribution in [0.4, 0.5) is 9.59 Å². The number of carbonyl (C=O) groups excluding carboxylic acids is 2. The summed E-state index contributed by atoms with van der Waals surface area (Å²) in [7, 11) is 0. The summed E-state index contributed by atoms with van der Waals surface area (Å²) < 4.78 is 5.23. The molecule has 0 aromatic carbocycles. The SMILES string of the molecule is CC(C)(C)OC(=O)N1CCN(C(N)=O)CC1. The van der Waals surface area contributed by atoms with Gasteiger partial charge in [-0.1, -0.05) is 0 Å². The van der Waals surface area contributed by atoms with Gasteiger partial charge >= 0.3 is 12.1 Å². The Morgan fingerprint density at radius 2 is 1.50 bits per heavy atom. The largest absolute Gasteiger partial charge is 0.444 e. The number of hydrogen-bond donors (Lipinski definition) is 1. The molecule has 1 rings (SSSR count). The topological polar surface area (TPSA) is 75.9 Å². The van der Waals surface area contributed by atoms with Crippen molar-refractivity contribution in [3.05, 3.63) is 0 Å². The Morgan fingerprint density at radius 3 is 1.88 bits per heavy atom. The van der Waals surface area contributed by atoms with Crippen LogP contribution in [0.15, 0.2) is 0 Å². The van der Waals surface area contributed by atoms with E-state index >= 15 is 0 Å². The molecule has 0 radical (unpaired) electrons. The molecule has 6 nitrogen and oxygen atoms in total. The third-order valence-electron chi connectivity index (χ3n) is 2.24. The average Bonchev–Trinajstić information content (AvgIpc) is 2.15. The van der Waals surface area contributed by atoms with Gasteiger partial charge in [0.15, 0.2) is 0 Å². The lowest BCUT2D eigenvalue weighted by molar-refractivity contribution is 0.0172. The Bertz CT molecular complexity index is 278. The van der Waals surface area contributed by atoms with Crippen molar-refractivity contribution in [3.63, 3.8) is 0 Å². The lowest BCUT2D eigenvalue weighted by Crippen LogP contribution is -2.52. The van der Waals surface area contributed by atoms with E-state index in [9.17, 15) is 9.59 Å². The van der Waals surface area contributed by atoms with Gasteiger partial charge in [0.05, 0.1) is 0 Å². The summed E-state index contributed by atoms with van der Waals surface area (Å²) >= 11 is 0. The number of piperazine rings is 1. The van der Waals surface area contributed by atoms with E-state index in [0.29, 0.717) is 26.2 Å². The molecule has 16 heavy (non-hydrogen) atoms. The molecule has 0 bridgehead atoms. The van der Waals surface area contributed by atoms with Gasteiger partial charge in [-0.25, -0.2) is 9.59 Å². The maximum atomic E-state index is 11.7. The predicted octanol–water partition coefficient (Wildman–Crippen LogP) is 0.618. The first-order chi connectivity index (χ1) is 7.29. The zero-order valence-electron chi connectivity index (χ0n) is 10.0. The second-order valence-corrected chi connectivity index (χ2v) is 4.79. The van der Waals surface area contributed by atoms with E-state index in [-0.39, 0.29) is 6.09 Å². The van der Waals surface area contributed by atoms with E-state index < -0.39 is 11.6 Å². The van der Waals surface area contributed by atoms with Crippen LogP contribution in [0.1, 0.15) is 20.8 Å². The Morgan fingerprint density at radius 1 is 1.06 bits per heavy atom. The molecular formula is C10H19N3O3. The van der Waals surface area contributed by atoms with Crippen LogP contribution >= 0.6 is 0 Å². The molecule has 0 unspecified atom stereocenters. The number of ether oxygens (including phenoxy) is 1. The molecule has 1 heterocycles. The predicted molar refractivity (Wildman–Crippen MR) is 59.0 cm³/mol. The smallest absolute Gasteiger partial charge is 0.410 e. The van der Waals surface area contributed by atoms with Crippen molar-refractivity contribution in [1.29, 1.82) is 0 Å². The number of hydrogen-bond acceptors (Lipinski definition) is 3. The van der Waals surface area contributed by atoms with Crippen molar-refractivity contribution in [2.75, 3.05) is 26.2 Å². The Balaban J connectivity index is 2.42. The zero-order chi connectivity index (χ0) is 12.3. The molecule has 0 spiro atoms. The number of amides is 3. The van der Waals surface area contributed by atoms with Crippen molar-refractivity contribution >= 4 is 12.1 Å². The van der Waals surface area contributed by atoms with Crippen LogP contribution in [0.5, 0.6) is 0 Å². The zero-order valence-corrected chi connectivity index (χ0v) is 10.0. The van der Waals surface area contributed by atoms with E-state index in [0.717, 1.165) is 0 Å². The highest BCUT2D eigenvalue weighted by atomic mass is 16.6. The van der Waals surface area contributed by atoms with Crippen LogP contribution in [-0.2, 0) is 4.74 Å². The van der Waals surface area contributed by atoms with E-state index in [1.807, 2.05) is 20.8 Å². The van der Waals surface area contributed by atoms with Gasteiger partial charge in [0, 0.05) is 26.2 Å². The standard InChI is InChI=1S/C10H19N3O3/c1-10(2,3)16-9(15)13-6-4-12(5-7-13)8(11)14/h4-7H2,1-3H3,(H2,11,14). The summed E-state index contributed by atoms with van der Waals surface area (Å²) in [5.74, 6) is 0. The average molecular weight is 229 g/mol. The quantitative estimate of drug-likeness (QED) is 0.661. The molecule has 0 atom stereocenters. The summed E-state index contributed by atoms with van der Waals surface area (Å²) in [5, 5.41) is 0. The molecule has 0 aliphatic carbocycles. The van der Waals surface area contributed by atoms with Gasteiger partial charge in [0.2, 0.25) is 0 Å². The minimum atomic E-state index is -0.488. The maximum Gasteiger partial charge on any atom is 0.410 e. The summed E-state index contributed by atoms with van der Waals surface area (Å²) in [6.45, 7) is 7.35. The van der Waals surface area contributed by atoms with Crippen molar-refractivity contribution in [2.24, 2.45) is 5.73 Å². The fourth-order valence-corrected chi connectivity index (χ4v) is 1.44. The molecule has 92 valence electrons. The summed E-state index contributed by atoms with van der Waals surface area (Å²) in [6.07, 6.45) is -0.336. The molecule has 3 amide bonds. The summed E-state index contributed by atoms with van der Waals surface area (Å²) in [4.78, 5) is 25.6. The van der Waals surface area contributed by atoms with Crippen molar-refractivity contribution in [1.82, 2.24) is 9.80 Å². The van der Waals surface area contributed by atoms with Crippen LogP contribution in [0.25, 0.3) is 0 Å². The molecular weight excluding hydrogens is 210 g/mol. The first-order valence-electron chi connectivity index (χ1n) is 5.32. The van der Waals surface area contributed by atoms with Gasteiger partial charge in [0.1, 0.15) is 5.60 Å². The molecule has 0 saturated carbocycles. The van der Waals surface area contributed by atoms with E-state index in [4.69, 9.17) is 10.5 Å². The van der Waals surface area contributed by atoms with Crippen LogP contribution in [0, 0.1) is 0 Å². The lowest BCUT2D eigenvalue weighted by atomic mass is 10.2. The van der Waals surface area contributed by atoms with Crippen LogP contribution in [0.3, 0.4) is 0 Å². The van der Waals surface area contributed by atoms with Gasteiger partial charge in [0.25, 0.3) is 0 Å². The van der Waals surface area contributed by atoms with E-state index in [1.165, 1.54) is 4.90 Å². The third kappa shape index (κ3) is 3.60. The van der Waals surface area contributed by atoms with E-state index in [1.54, 1.807) is 4.90 Å². The second kappa shape index (κ2) is 4.59. The highest BCUT2D eigenvalue weighted by molar-refractivity contribution is 5.73. The number of primary amides is 1. The minimum Gasteiger partial charge on any atom is -0.444 e. The van der Waals surface area contributed by atoms with E-state index in [2.05, 4.69) is 0 Å². The summed E-state index contributed by atoms with van der Waals surface area (Å²) in [6, 6.07) is -0.441. The Labute approximate surface area is 95.3 Å². The van der Waals surface area contributed by atoms with Crippen LogP contribution in [0.2, 0.25) is 0 Å². The maximum absolute atomic E-state index is 11.7. The second-order valence-electron chi connectivity index (χ2n) is 4.79. The molecule has 0 aromatic rings. The third-order valence-corrected chi connectivity index (χ3v) is 2.24. The van der Waals surface area contributed by atoms with Gasteiger partial charge < -0.3 is 20.3 Å². The monoisotopic (exact) mass is 229 g/mol. The van der Waals surface area contributed by atoms with Crippen LogP contribution < -0.4 is 5.73 Å². The molecule has 1 aliphatic heterocycles.